The van der Waals surface area contributed by atoms with E-state index in [0.717, 1.165) is 13.1 Å². The summed E-state index contributed by atoms with van der Waals surface area (Å²) in [6.45, 7) is 1.78. The Morgan fingerprint density at radius 3 is 1.41 bits per heavy atom. The average molecular weight is 754 g/mol. The van der Waals surface area contributed by atoms with Crippen LogP contribution in [0.2, 0.25) is 0 Å². The van der Waals surface area contributed by atoms with Gasteiger partial charge in [-0.3, -0.25) is 0 Å². The second-order valence-corrected chi connectivity index (χ2v) is 12.6. The molecule has 8 aromatic carbocycles. The van der Waals surface area contributed by atoms with Gasteiger partial charge in [0.25, 0.3) is 0 Å². The van der Waals surface area contributed by atoms with Crippen LogP contribution in [0.4, 0.5) is 5.69 Å². The van der Waals surface area contributed by atoms with Crippen molar-refractivity contribution in [1.29, 1.82) is 0 Å². The molecule has 0 saturated heterocycles. The maximum absolute atomic E-state index is 2.46. The van der Waals surface area contributed by atoms with Crippen LogP contribution in [0.3, 0.4) is 0 Å². The zero-order chi connectivity index (χ0) is 32.1. The van der Waals surface area contributed by atoms with Gasteiger partial charge in [-0.25, -0.2) is 12.1 Å². The van der Waals surface area contributed by atoms with Gasteiger partial charge in [-0.15, -0.1) is 33.7 Å². The van der Waals surface area contributed by atoms with Gasteiger partial charge in [0.05, 0.1) is 0 Å². The topological polar surface area (TPSA) is 3.24 Å². The largest absolute Gasteiger partial charge is 0.369 e. The van der Waals surface area contributed by atoms with Crippen LogP contribution in [0.25, 0.3) is 21.5 Å². The summed E-state index contributed by atoms with van der Waals surface area (Å²) in [4.78, 5) is 2.46. The predicted molar refractivity (Wildman–Crippen MR) is 198 cm³/mol. The molecule has 0 aliphatic rings. The Bertz CT molecular complexity index is 1990. The third-order valence-corrected chi connectivity index (χ3v) is 9.49. The van der Waals surface area contributed by atoms with Crippen molar-refractivity contribution >= 4 is 30.4 Å². The molecule has 0 fully saturated rings. The summed E-state index contributed by atoms with van der Waals surface area (Å²) in [7, 11) is 0. The van der Waals surface area contributed by atoms with Gasteiger partial charge in [0.15, 0.2) is 0 Å². The van der Waals surface area contributed by atoms with E-state index in [9.17, 15) is 0 Å². The molecule has 0 radical (unpaired) electrons. The molecule has 0 aliphatic carbocycles. The van der Waals surface area contributed by atoms with Gasteiger partial charge >= 0.3 is 99.2 Å². The number of rotatable bonds is 7. The van der Waals surface area contributed by atoms with Gasteiger partial charge in [-0.1, -0.05) is 97.1 Å². The molecule has 4 heteroatoms. The fourth-order valence-corrected chi connectivity index (χ4v) is 6.51. The van der Waals surface area contributed by atoms with Gasteiger partial charge in [0.2, 0.25) is 0 Å². The number of halogens is 2. The Morgan fingerprint density at radius 2 is 0.918 bits per heavy atom. The molecule has 0 bridgehead atoms. The number of nitrogens with zero attached hydrogens (tertiary/aromatic N) is 1. The van der Waals surface area contributed by atoms with Crippen LogP contribution in [0.5, 0.6) is 0 Å². The third-order valence-electron chi connectivity index (χ3n) is 8.08. The van der Waals surface area contributed by atoms with Crippen LogP contribution in [-0.2, 0) is 37.3 Å². The molecule has 0 unspecified atom stereocenters. The van der Waals surface area contributed by atoms with Crippen molar-refractivity contribution in [1.82, 2.24) is 0 Å². The number of hydrogen-bond acceptors (Lipinski definition) is 1. The first-order chi connectivity index (χ1) is 23.2. The Balaban J connectivity index is 0.000000215. The van der Waals surface area contributed by atoms with Gasteiger partial charge < -0.3 is 29.7 Å². The van der Waals surface area contributed by atoms with Gasteiger partial charge in [-0.2, -0.15) is 18.2 Å². The summed E-state index contributed by atoms with van der Waals surface area (Å²) < 4.78 is 1.42. The van der Waals surface area contributed by atoms with Gasteiger partial charge in [0.1, 0.15) is 0 Å². The average Bonchev–Trinajstić information content (AvgIpc) is 3.85. The molecule has 242 valence electrons. The molecule has 49 heavy (non-hydrogen) atoms. The molecule has 0 atom stereocenters. The second-order valence-electron chi connectivity index (χ2n) is 11.4. The maximum atomic E-state index is 2.46. The smallest absolute Gasteiger partial charge is 0.0427 e. The van der Waals surface area contributed by atoms with E-state index < -0.39 is 0 Å². The molecular weight excluding hydrogens is 717 g/mol. The molecule has 0 aliphatic heterocycles. The third kappa shape index (κ3) is 10.6. The van der Waals surface area contributed by atoms with E-state index >= 15 is 0 Å². The molecule has 0 saturated carbocycles. The Kier molecular flexibility index (Phi) is 15.0. The molecule has 0 spiro atoms. The van der Waals surface area contributed by atoms with E-state index in [1.54, 1.807) is 0 Å². The van der Waals surface area contributed by atoms with Crippen molar-refractivity contribution in [3.8, 4) is 0 Å². The summed E-state index contributed by atoms with van der Waals surface area (Å²) in [6.07, 6.45) is 0. The van der Waals surface area contributed by atoms with E-state index in [2.05, 4.69) is 175 Å². The van der Waals surface area contributed by atoms with E-state index in [4.69, 9.17) is 0 Å². The number of anilines is 1. The van der Waals surface area contributed by atoms with Crippen molar-refractivity contribution in [2.45, 2.75) is 13.1 Å². The van der Waals surface area contributed by atoms with Gasteiger partial charge in [-0.05, 0) is 11.1 Å². The Hall–Kier alpha value is -4.33. The van der Waals surface area contributed by atoms with E-state index in [1.807, 2.05) is 30.3 Å². The molecule has 0 aromatic heterocycles. The van der Waals surface area contributed by atoms with Crippen molar-refractivity contribution in [3.63, 3.8) is 0 Å². The van der Waals surface area contributed by atoms with Gasteiger partial charge in [0, 0.05) is 18.8 Å². The first-order valence-electron chi connectivity index (χ1n) is 16.0. The number of fused-ring (bicyclic) bond motifs is 3. The van der Waals surface area contributed by atoms with Crippen molar-refractivity contribution < 1.29 is 49.0 Å². The van der Waals surface area contributed by atoms with E-state index in [0.29, 0.717) is 0 Å². The second kappa shape index (κ2) is 19.6. The van der Waals surface area contributed by atoms with Crippen molar-refractivity contribution in [3.05, 3.63) is 222 Å². The molecule has 8 rings (SSSR count). The monoisotopic (exact) mass is 751 g/mol. The summed E-state index contributed by atoms with van der Waals surface area (Å²) in [5.74, 6) is 0. The van der Waals surface area contributed by atoms with Crippen LogP contribution in [0.15, 0.2) is 200 Å². The first kappa shape index (κ1) is 37.5. The zero-order valence-corrected chi connectivity index (χ0v) is 31.1. The molecule has 0 heterocycles. The Morgan fingerprint density at radius 1 is 0.469 bits per heavy atom. The standard InChI is InChI=1S/C27H22N.C13H10.C5H5.2ClH.Zr/c1-3-9-21(10-4-1)19-28(20-22-11-5-2-6-12-22)25-15-16-27-24(18-25)17-23-13-7-8-14-26(23)27;1-3-7-12(8-4-1)11-13-9-5-2-6-10-13;1-2-4-5-3-1;;;/h1-18H,19-20H2;1-10H;1-5H;2*1H;/q-1;;-1;;;+2/p-2. The quantitative estimate of drug-likeness (QED) is 0.204. The van der Waals surface area contributed by atoms with Crippen LogP contribution >= 0.6 is 0 Å². The minimum atomic E-state index is 0. The SMILES string of the molecule is [Cl-].[Cl-].[Zr+2]=[C](c1ccccc1)c1ccccc1.c1cc[cH-]c1.c1ccc(CN(Cc2ccccc2)c2ccc3c(c2)[cH-]c2ccccc23)cc1. The normalized spacial score (nSPS) is 10.0. The summed E-state index contributed by atoms with van der Waals surface area (Å²) in [5.41, 5.74) is 6.57. The molecular formula is C45H37Cl2NZr-2. The summed E-state index contributed by atoms with van der Waals surface area (Å²) in [5, 5.41) is 5.29. The van der Waals surface area contributed by atoms with Crippen molar-refractivity contribution in [2.75, 3.05) is 4.90 Å². The fourth-order valence-electron chi connectivity index (χ4n) is 5.69. The Labute approximate surface area is 317 Å². The zero-order valence-electron chi connectivity index (χ0n) is 27.2. The maximum Gasteiger partial charge on any atom is 0.0427 e. The molecule has 1 nitrogen and oxygen atoms in total. The van der Waals surface area contributed by atoms with Crippen LogP contribution in [0.1, 0.15) is 22.3 Å². The fraction of sp³-hybridized carbons (Fsp3) is 0.0444. The summed E-state index contributed by atoms with van der Waals surface area (Å²) in [6, 6.07) is 70.3. The molecule has 8 aromatic rings. The number of benzene rings is 6. The minimum Gasteiger partial charge on any atom is -0.369 e. The summed E-state index contributed by atoms with van der Waals surface area (Å²) >= 11 is 1.46. The van der Waals surface area contributed by atoms with Crippen LogP contribution < -0.4 is 29.7 Å². The predicted octanol–water partition coefficient (Wildman–Crippen LogP) is 5.13. The molecule has 0 amide bonds. The van der Waals surface area contributed by atoms with E-state index in [-0.39, 0.29) is 24.8 Å². The number of hydrogen-bond donors (Lipinski definition) is 0. The molecule has 0 N–H and O–H groups in total. The first-order valence-corrected chi connectivity index (χ1v) is 17.2. The van der Waals surface area contributed by atoms with Crippen molar-refractivity contribution in [2.24, 2.45) is 0 Å². The van der Waals surface area contributed by atoms with Crippen LogP contribution in [0, 0.1) is 0 Å². The van der Waals surface area contributed by atoms with Crippen LogP contribution in [-0.4, -0.2) is 3.21 Å². The van der Waals surface area contributed by atoms with E-state index in [1.165, 1.54) is 76.9 Å². The minimum absolute atomic E-state index is 0.